The van der Waals surface area contributed by atoms with Crippen LogP contribution in [0.1, 0.15) is 0 Å². The van der Waals surface area contributed by atoms with Gasteiger partial charge in [0.15, 0.2) is 0 Å². The molecule has 0 radical (unpaired) electrons. The van der Waals surface area contributed by atoms with Crippen LogP contribution < -0.4 is 33.7 Å². The number of carbonyl (C=O) groups is 1. The molecule has 2 rings (SSSR count). The van der Waals surface area contributed by atoms with E-state index in [1.54, 1.807) is 5.01 Å². The van der Waals surface area contributed by atoms with Crippen molar-refractivity contribution in [3.8, 4) is 0 Å². The van der Waals surface area contributed by atoms with E-state index in [2.05, 4.69) is 25.7 Å². The smallest absolute Gasteiger partial charge is 0.326 e. The molecule has 1 fully saturated rings. The first-order valence-corrected chi connectivity index (χ1v) is 5.01. The van der Waals surface area contributed by atoms with E-state index < -0.39 is 6.03 Å². The van der Waals surface area contributed by atoms with Gasteiger partial charge in [-0.25, -0.2) is 9.80 Å². The van der Waals surface area contributed by atoms with Crippen LogP contribution in [0.5, 0.6) is 0 Å². The Morgan fingerprint density at radius 2 is 1.67 bits per heavy atom. The van der Waals surface area contributed by atoms with Crippen LogP contribution in [-0.4, -0.2) is 45.8 Å². The Bertz CT molecular complexity index is 353. The Kier molecular flexibility index (Phi) is 4.83. The van der Waals surface area contributed by atoms with E-state index in [4.69, 9.17) is 22.9 Å². The molecule has 100 valence electrons. The molecule has 2 amide bonds. The predicted octanol–water partition coefficient (Wildman–Crippen LogP) is -2.95. The van der Waals surface area contributed by atoms with Crippen LogP contribution in [0.15, 0.2) is 0 Å². The third-order valence-electron chi connectivity index (χ3n) is 1.82. The van der Waals surface area contributed by atoms with Crippen LogP contribution in [0.4, 0.5) is 22.6 Å². The molecule has 1 aromatic rings. The summed E-state index contributed by atoms with van der Waals surface area (Å²) >= 11 is 0. The van der Waals surface area contributed by atoms with Gasteiger partial charge in [-0.1, -0.05) is 0 Å². The third-order valence-corrected chi connectivity index (χ3v) is 1.82. The number of primary amides is 1. The summed E-state index contributed by atoms with van der Waals surface area (Å²) in [6.07, 6.45) is 0. The van der Waals surface area contributed by atoms with Crippen molar-refractivity contribution in [2.24, 2.45) is 5.73 Å². The molecule has 0 aliphatic carbocycles. The summed E-state index contributed by atoms with van der Waals surface area (Å²) in [7, 11) is 0. The SMILES string of the molecule is NC(=O)NN1CCNC1.Nc1nc(N)nc(N)n1. The summed E-state index contributed by atoms with van der Waals surface area (Å²) in [5.41, 5.74) is 22.7. The van der Waals surface area contributed by atoms with Gasteiger partial charge in [-0.05, 0) is 0 Å². The second kappa shape index (κ2) is 6.36. The van der Waals surface area contributed by atoms with E-state index in [1.165, 1.54) is 0 Å². The number of hydrogen-bond donors (Lipinski definition) is 6. The van der Waals surface area contributed by atoms with Crippen molar-refractivity contribution in [3.63, 3.8) is 0 Å². The molecule has 0 aromatic carbocycles. The number of hydrogen-bond acceptors (Lipinski definition) is 9. The van der Waals surface area contributed by atoms with E-state index in [1.807, 2.05) is 0 Å². The minimum absolute atomic E-state index is 0.0417. The van der Waals surface area contributed by atoms with E-state index >= 15 is 0 Å². The summed E-state index contributed by atoms with van der Waals surface area (Å²) in [5.74, 6) is 0.125. The first kappa shape index (κ1) is 13.7. The van der Waals surface area contributed by atoms with E-state index in [-0.39, 0.29) is 17.8 Å². The maximum atomic E-state index is 10.2. The van der Waals surface area contributed by atoms with E-state index in [0.29, 0.717) is 6.67 Å². The number of nitrogens with two attached hydrogens (primary N) is 4. The van der Waals surface area contributed by atoms with Gasteiger partial charge in [-0.15, -0.1) is 0 Å². The largest absolute Gasteiger partial charge is 0.368 e. The quantitative estimate of drug-likeness (QED) is 0.305. The Balaban J connectivity index is 0.000000180. The Morgan fingerprint density at radius 3 is 2.00 bits per heavy atom. The summed E-state index contributed by atoms with van der Waals surface area (Å²) in [6, 6.07) is -0.501. The molecule has 18 heavy (non-hydrogen) atoms. The number of carbonyl (C=O) groups excluding carboxylic acids is 1. The van der Waals surface area contributed by atoms with Gasteiger partial charge in [0, 0.05) is 13.1 Å². The number of nitrogens with one attached hydrogen (secondary N) is 2. The Hall–Kier alpha value is -2.40. The molecule has 2 heterocycles. The summed E-state index contributed by atoms with van der Waals surface area (Å²) in [4.78, 5) is 20.7. The maximum absolute atomic E-state index is 10.2. The highest BCUT2D eigenvalue weighted by Gasteiger charge is 2.10. The molecule has 0 spiro atoms. The normalized spacial score (nSPS) is 14.7. The molecule has 10 N–H and O–H groups in total. The summed E-state index contributed by atoms with van der Waals surface area (Å²) < 4.78 is 0. The number of anilines is 3. The van der Waals surface area contributed by atoms with Gasteiger partial charge in [0.05, 0.1) is 6.67 Å². The second-order valence-electron chi connectivity index (χ2n) is 3.31. The third kappa shape index (κ3) is 5.09. The van der Waals surface area contributed by atoms with Crippen molar-refractivity contribution in [2.45, 2.75) is 0 Å². The van der Waals surface area contributed by atoms with Gasteiger partial charge in [-0.3, -0.25) is 5.43 Å². The molecular weight excluding hydrogens is 240 g/mol. The van der Waals surface area contributed by atoms with E-state index in [0.717, 1.165) is 13.1 Å². The van der Waals surface area contributed by atoms with Crippen LogP contribution in [0.25, 0.3) is 0 Å². The van der Waals surface area contributed by atoms with Crippen molar-refractivity contribution in [3.05, 3.63) is 0 Å². The number of nitrogens with zero attached hydrogens (tertiary/aromatic N) is 4. The molecule has 11 nitrogen and oxygen atoms in total. The molecule has 0 bridgehead atoms. The number of hydrazine groups is 1. The molecule has 0 atom stereocenters. The summed E-state index contributed by atoms with van der Waals surface area (Å²) in [5, 5.41) is 4.76. The van der Waals surface area contributed by atoms with Gasteiger partial charge in [-0.2, -0.15) is 15.0 Å². The standard InChI is InChI=1S/C4H10N4O.C3H6N6/c5-4(9)7-8-2-1-6-3-8;4-1-7-2(5)9-3(6)8-1/h6H,1-3H2,(H3,5,7,9);(H6,4,5,6,7,8,9). The van der Waals surface area contributed by atoms with Crippen molar-refractivity contribution in [2.75, 3.05) is 37.0 Å². The fraction of sp³-hybridized carbons (Fsp3) is 0.429. The molecule has 11 heteroatoms. The lowest BCUT2D eigenvalue weighted by molar-refractivity contribution is 0.204. The average Bonchev–Trinajstić information content (AvgIpc) is 2.67. The topological polar surface area (TPSA) is 187 Å². The highest BCUT2D eigenvalue weighted by Crippen LogP contribution is 1.97. The number of amides is 2. The van der Waals surface area contributed by atoms with Gasteiger partial charge in [0.1, 0.15) is 0 Å². The molecule has 1 aromatic heterocycles. The average molecular weight is 256 g/mol. The molecule has 1 aliphatic heterocycles. The van der Waals surface area contributed by atoms with Crippen LogP contribution in [0, 0.1) is 0 Å². The van der Waals surface area contributed by atoms with Crippen molar-refractivity contribution >= 4 is 23.9 Å². The van der Waals surface area contributed by atoms with E-state index in [9.17, 15) is 4.79 Å². The lowest BCUT2D eigenvalue weighted by atomic mass is 10.7. The van der Waals surface area contributed by atoms with Gasteiger partial charge in [0.25, 0.3) is 0 Å². The molecular formula is C7H16N10O. The minimum atomic E-state index is -0.501. The van der Waals surface area contributed by atoms with Crippen molar-refractivity contribution in [1.82, 2.24) is 30.7 Å². The van der Waals surface area contributed by atoms with Crippen molar-refractivity contribution < 1.29 is 4.79 Å². The lowest BCUT2D eigenvalue weighted by Crippen LogP contribution is -2.44. The number of nitrogen functional groups attached to an aromatic ring is 3. The first-order valence-electron chi connectivity index (χ1n) is 5.01. The lowest BCUT2D eigenvalue weighted by Gasteiger charge is -2.12. The van der Waals surface area contributed by atoms with Gasteiger partial charge >= 0.3 is 6.03 Å². The fourth-order valence-corrected chi connectivity index (χ4v) is 1.19. The van der Waals surface area contributed by atoms with Gasteiger partial charge in [0.2, 0.25) is 17.8 Å². The van der Waals surface area contributed by atoms with Crippen LogP contribution in [0.3, 0.4) is 0 Å². The zero-order valence-electron chi connectivity index (χ0n) is 9.63. The monoisotopic (exact) mass is 256 g/mol. The van der Waals surface area contributed by atoms with Gasteiger partial charge < -0.3 is 28.3 Å². The Labute approximate surface area is 103 Å². The van der Waals surface area contributed by atoms with Crippen LogP contribution >= 0.6 is 0 Å². The molecule has 1 aliphatic rings. The first-order chi connectivity index (χ1) is 8.47. The van der Waals surface area contributed by atoms with Crippen LogP contribution in [-0.2, 0) is 0 Å². The maximum Gasteiger partial charge on any atom is 0.326 e. The zero-order valence-corrected chi connectivity index (χ0v) is 9.63. The molecule has 0 saturated carbocycles. The minimum Gasteiger partial charge on any atom is -0.368 e. The molecule has 0 unspecified atom stereocenters. The highest BCUT2D eigenvalue weighted by atomic mass is 16.2. The number of urea groups is 1. The van der Waals surface area contributed by atoms with Crippen LogP contribution in [0.2, 0.25) is 0 Å². The fourth-order valence-electron chi connectivity index (χ4n) is 1.19. The zero-order chi connectivity index (χ0) is 13.5. The number of aromatic nitrogens is 3. The second-order valence-corrected chi connectivity index (χ2v) is 3.31. The molecule has 1 saturated heterocycles. The van der Waals surface area contributed by atoms with Crippen molar-refractivity contribution in [1.29, 1.82) is 0 Å². The summed E-state index contributed by atoms with van der Waals surface area (Å²) in [6.45, 7) is 2.41. The predicted molar refractivity (Wildman–Crippen MR) is 65.4 cm³/mol. The highest BCUT2D eigenvalue weighted by molar-refractivity contribution is 5.70. The number of rotatable bonds is 1. The Morgan fingerprint density at radius 1 is 1.17 bits per heavy atom.